The highest BCUT2D eigenvalue weighted by molar-refractivity contribution is 5.97. The van der Waals surface area contributed by atoms with Crippen molar-refractivity contribution < 1.29 is 0 Å². The van der Waals surface area contributed by atoms with E-state index in [2.05, 4.69) is 23.8 Å². The van der Waals surface area contributed by atoms with Crippen LogP contribution < -0.4 is 0 Å². The zero-order valence-corrected chi connectivity index (χ0v) is 7.26. The summed E-state index contributed by atoms with van der Waals surface area (Å²) in [5, 5.41) is 0. The molecular weight excluding hydrogens is 136 g/mol. The molecule has 0 amide bonds. The van der Waals surface area contributed by atoms with Crippen LogP contribution in [0.1, 0.15) is 26.5 Å². The molecule has 0 aliphatic carbocycles. The fourth-order valence-electron chi connectivity index (χ4n) is 1.01. The third kappa shape index (κ3) is 2.22. The van der Waals surface area contributed by atoms with Gasteiger partial charge in [0.2, 0.25) is 0 Å². The number of hydrogen-bond acceptors (Lipinski definition) is 1. The molecule has 0 aromatic carbocycles. The number of rotatable bonds is 2. The van der Waals surface area contributed by atoms with Crippen molar-refractivity contribution >= 4 is 5.71 Å². The van der Waals surface area contributed by atoms with Gasteiger partial charge in [0.15, 0.2) is 0 Å². The standard InChI is InChI=1S/C9H14N2/c1-7(2)11-8(3)9-5-4-6-10-9/h4-7,10H,1-3H3. The average molecular weight is 150 g/mol. The molecule has 0 atom stereocenters. The Morgan fingerprint density at radius 1 is 1.55 bits per heavy atom. The van der Waals surface area contributed by atoms with Gasteiger partial charge in [0.25, 0.3) is 0 Å². The lowest BCUT2D eigenvalue weighted by molar-refractivity contribution is 0.835. The smallest absolute Gasteiger partial charge is 0.0591 e. The Labute approximate surface area is 67.4 Å². The third-order valence-electron chi connectivity index (χ3n) is 1.44. The van der Waals surface area contributed by atoms with Gasteiger partial charge < -0.3 is 4.98 Å². The summed E-state index contributed by atoms with van der Waals surface area (Å²) in [5.41, 5.74) is 2.18. The summed E-state index contributed by atoms with van der Waals surface area (Å²) >= 11 is 0. The first-order valence-electron chi connectivity index (χ1n) is 3.88. The summed E-state index contributed by atoms with van der Waals surface area (Å²) in [5.74, 6) is 0. The maximum atomic E-state index is 4.41. The molecular formula is C9H14N2. The van der Waals surface area contributed by atoms with E-state index in [9.17, 15) is 0 Å². The minimum absolute atomic E-state index is 0.373. The van der Waals surface area contributed by atoms with Crippen LogP contribution in [0.15, 0.2) is 23.3 Å². The summed E-state index contributed by atoms with van der Waals surface area (Å²) in [7, 11) is 0. The number of aromatic nitrogens is 1. The third-order valence-corrected chi connectivity index (χ3v) is 1.44. The number of aromatic amines is 1. The highest BCUT2D eigenvalue weighted by Crippen LogP contribution is 1.99. The zero-order valence-electron chi connectivity index (χ0n) is 7.26. The minimum atomic E-state index is 0.373. The van der Waals surface area contributed by atoms with E-state index in [-0.39, 0.29) is 0 Å². The van der Waals surface area contributed by atoms with Gasteiger partial charge in [0.1, 0.15) is 0 Å². The zero-order chi connectivity index (χ0) is 8.27. The topological polar surface area (TPSA) is 28.1 Å². The number of nitrogens with zero attached hydrogens (tertiary/aromatic N) is 1. The van der Waals surface area contributed by atoms with Crippen molar-refractivity contribution in [3.8, 4) is 0 Å². The summed E-state index contributed by atoms with van der Waals surface area (Å²) in [4.78, 5) is 7.52. The lowest BCUT2D eigenvalue weighted by Gasteiger charge is -1.99. The fourth-order valence-corrected chi connectivity index (χ4v) is 1.01. The highest BCUT2D eigenvalue weighted by Gasteiger charge is 1.96. The fraction of sp³-hybridized carbons (Fsp3) is 0.444. The Hall–Kier alpha value is -1.05. The van der Waals surface area contributed by atoms with Crippen molar-refractivity contribution in [2.75, 3.05) is 0 Å². The van der Waals surface area contributed by atoms with E-state index >= 15 is 0 Å². The van der Waals surface area contributed by atoms with Crippen molar-refractivity contribution in [2.24, 2.45) is 4.99 Å². The van der Waals surface area contributed by atoms with Crippen LogP contribution in [0.3, 0.4) is 0 Å². The van der Waals surface area contributed by atoms with Crippen LogP contribution >= 0.6 is 0 Å². The van der Waals surface area contributed by atoms with Gasteiger partial charge in [0.05, 0.1) is 11.4 Å². The first kappa shape index (κ1) is 8.05. The van der Waals surface area contributed by atoms with Gasteiger partial charge in [-0.3, -0.25) is 4.99 Å². The van der Waals surface area contributed by atoms with Crippen molar-refractivity contribution in [2.45, 2.75) is 26.8 Å². The second kappa shape index (κ2) is 3.37. The molecule has 1 N–H and O–H groups in total. The first-order valence-corrected chi connectivity index (χ1v) is 3.88. The highest BCUT2D eigenvalue weighted by atomic mass is 14.8. The van der Waals surface area contributed by atoms with Gasteiger partial charge in [-0.1, -0.05) is 0 Å². The molecule has 0 aliphatic heterocycles. The number of hydrogen-bond donors (Lipinski definition) is 1. The Morgan fingerprint density at radius 2 is 2.27 bits per heavy atom. The quantitative estimate of drug-likeness (QED) is 0.626. The predicted molar refractivity (Wildman–Crippen MR) is 48.1 cm³/mol. The second-order valence-corrected chi connectivity index (χ2v) is 2.89. The van der Waals surface area contributed by atoms with Crippen LogP contribution in [0.5, 0.6) is 0 Å². The van der Waals surface area contributed by atoms with Crippen molar-refractivity contribution in [1.29, 1.82) is 0 Å². The van der Waals surface area contributed by atoms with Gasteiger partial charge in [-0.15, -0.1) is 0 Å². The van der Waals surface area contributed by atoms with Crippen LogP contribution in [-0.4, -0.2) is 16.7 Å². The maximum Gasteiger partial charge on any atom is 0.0591 e. The minimum Gasteiger partial charge on any atom is -0.360 e. The molecule has 2 nitrogen and oxygen atoms in total. The van der Waals surface area contributed by atoms with Crippen molar-refractivity contribution in [3.63, 3.8) is 0 Å². The molecule has 0 unspecified atom stereocenters. The molecule has 1 rings (SSSR count). The van der Waals surface area contributed by atoms with Gasteiger partial charge in [-0.05, 0) is 32.9 Å². The predicted octanol–water partition coefficient (Wildman–Crippen LogP) is 2.23. The van der Waals surface area contributed by atoms with E-state index in [0.29, 0.717) is 6.04 Å². The molecule has 0 bridgehead atoms. The first-order chi connectivity index (χ1) is 5.20. The molecule has 1 aromatic heterocycles. The van der Waals surface area contributed by atoms with E-state index < -0.39 is 0 Å². The molecule has 60 valence electrons. The largest absolute Gasteiger partial charge is 0.360 e. The number of nitrogens with one attached hydrogen (secondary N) is 1. The van der Waals surface area contributed by atoms with Gasteiger partial charge in [-0.25, -0.2) is 0 Å². The molecule has 0 spiro atoms. The molecule has 0 aliphatic rings. The molecule has 1 heterocycles. The molecule has 0 saturated heterocycles. The number of aliphatic imine (C=N–C) groups is 1. The van der Waals surface area contributed by atoms with E-state index in [1.54, 1.807) is 0 Å². The van der Waals surface area contributed by atoms with Crippen LogP contribution in [0.25, 0.3) is 0 Å². The van der Waals surface area contributed by atoms with Gasteiger partial charge in [-0.2, -0.15) is 0 Å². The average Bonchev–Trinajstić information content (AvgIpc) is 2.35. The van der Waals surface area contributed by atoms with Crippen LogP contribution in [-0.2, 0) is 0 Å². The van der Waals surface area contributed by atoms with E-state index in [0.717, 1.165) is 11.4 Å². The van der Waals surface area contributed by atoms with Crippen molar-refractivity contribution in [3.05, 3.63) is 24.0 Å². The Bertz CT molecular complexity index is 232. The second-order valence-electron chi connectivity index (χ2n) is 2.89. The molecule has 11 heavy (non-hydrogen) atoms. The molecule has 0 fully saturated rings. The van der Waals surface area contributed by atoms with E-state index in [1.165, 1.54) is 0 Å². The van der Waals surface area contributed by atoms with Crippen LogP contribution in [0, 0.1) is 0 Å². The van der Waals surface area contributed by atoms with E-state index in [1.807, 2.05) is 25.3 Å². The maximum absolute atomic E-state index is 4.41. The SMILES string of the molecule is CC(=NC(C)C)c1ccc[nH]1. The molecule has 1 aromatic rings. The molecule has 0 saturated carbocycles. The summed E-state index contributed by atoms with van der Waals surface area (Å²) in [6.07, 6.45) is 1.91. The summed E-state index contributed by atoms with van der Waals surface area (Å²) in [6, 6.07) is 4.38. The Morgan fingerprint density at radius 3 is 2.73 bits per heavy atom. The van der Waals surface area contributed by atoms with Gasteiger partial charge >= 0.3 is 0 Å². The monoisotopic (exact) mass is 150 g/mol. The van der Waals surface area contributed by atoms with Crippen LogP contribution in [0.2, 0.25) is 0 Å². The summed E-state index contributed by atoms with van der Waals surface area (Å²) in [6.45, 7) is 6.17. The van der Waals surface area contributed by atoms with E-state index in [4.69, 9.17) is 0 Å². The lowest BCUT2D eigenvalue weighted by Crippen LogP contribution is -1.99. The molecule has 0 radical (unpaired) electrons. The normalized spacial score (nSPS) is 12.5. The van der Waals surface area contributed by atoms with Gasteiger partial charge in [0, 0.05) is 12.2 Å². The Kier molecular flexibility index (Phi) is 2.47. The summed E-state index contributed by atoms with van der Waals surface area (Å²) < 4.78 is 0. The molecule has 2 heteroatoms. The Balaban J connectivity index is 2.77. The van der Waals surface area contributed by atoms with Crippen LogP contribution in [0.4, 0.5) is 0 Å². The number of H-pyrrole nitrogens is 1. The lowest BCUT2D eigenvalue weighted by atomic mass is 10.3. The van der Waals surface area contributed by atoms with Crippen molar-refractivity contribution in [1.82, 2.24) is 4.98 Å².